The van der Waals surface area contributed by atoms with Gasteiger partial charge in [-0.1, -0.05) is 17.7 Å². The van der Waals surface area contributed by atoms with Crippen molar-refractivity contribution in [2.45, 2.75) is 13.0 Å². The number of aryl methyl sites for hydroxylation is 1. The average Bonchev–Trinajstić information content (AvgIpc) is 2.89. The van der Waals surface area contributed by atoms with E-state index in [9.17, 15) is 9.59 Å². The van der Waals surface area contributed by atoms with Gasteiger partial charge in [0, 0.05) is 5.75 Å². The van der Waals surface area contributed by atoms with Crippen LogP contribution in [0.3, 0.4) is 0 Å². The van der Waals surface area contributed by atoms with Crippen LogP contribution in [0, 0.1) is 6.92 Å². The molecule has 0 aromatic heterocycles. The minimum Gasteiger partial charge on any atom is -0.482 e. The average molecular weight is 316 g/mol. The van der Waals surface area contributed by atoms with Gasteiger partial charge in [-0.25, -0.2) is 4.79 Å². The first-order chi connectivity index (χ1) is 9.49. The summed E-state index contributed by atoms with van der Waals surface area (Å²) in [5.74, 6) is -0.122. The Labute approximate surface area is 125 Å². The molecule has 1 heterocycles. The lowest BCUT2D eigenvalue weighted by Gasteiger charge is -2.20. The molecule has 1 aliphatic rings. The van der Waals surface area contributed by atoms with Gasteiger partial charge < -0.3 is 14.7 Å². The molecule has 1 N–H and O–H groups in total. The molecule has 0 aliphatic carbocycles. The Bertz CT molecular complexity index is 537. The Kier molecular flexibility index (Phi) is 4.77. The molecule has 1 amide bonds. The van der Waals surface area contributed by atoms with E-state index in [1.54, 1.807) is 12.1 Å². The van der Waals surface area contributed by atoms with Crippen LogP contribution in [-0.4, -0.2) is 46.2 Å². The van der Waals surface area contributed by atoms with Gasteiger partial charge in [-0.3, -0.25) is 4.79 Å². The number of carbonyl (C=O) groups is 2. The summed E-state index contributed by atoms with van der Waals surface area (Å²) in [6.07, 6.45) is 0. The first-order valence-corrected chi connectivity index (χ1v) is 7.51. The molecule has 2 rings (SSSR count). The van der Waals surface area contributed by atoms with Crippen LogP contribution in [0.25, 0.3) is 0 Å². The summed E-state index contributed by atoms with van der Waals surface area (Å²) >= 11 is 7.39. The van der Waals surface area contributed by atoms with E-state index in [1.165, 1.54) is 16.7 Å². The predicted molar refractivity (Wildman–Crippen MR) is 77.3 cm³/mol. The first kappa shape index (κ1) is 15.0. The normalized spacial score (nSPS) is 18.1. The maximum Gasteiger partial charge on any atom is 0.327 e. The van der Waals surface area contributed by atoms with E-state index in [0.717, 1.165) is 5.56 Å². The van der Waals surface area contributed by atoms with Gasteiger partial charge in [0.15, 0.2) is 6.61 Å². The number of carbonyl (C=O) groups excluding carboxylic acids is 1. The number of benzene rings is 1. The smallest absolute Gasteiger partial charge is 0.327 e. The van der Waals surface area contributed by atoms with Gasteiger partial charge in [-0.2, -0.15) is 0 Å². The van der Waals surface area contributed by atoms with E-state index in [0.29, 0.717) is 22.4 Å². The molecule has 1 aromatic rings. The predicted octanol–water partition coefficient (Wildman–Crippen LogP) is 2.01. The number of halogens is 1. The topological polar surface area (TPSA) is 66.8 Å². The molecule has 1 fully saturated rings. The summed E-state index contributed by atoms with van der Waals surface area (Å²) < 4.78 is 5.39. The fraction of sp³-hybridized carbons (Fsp3) is 0.385. The second kappa shape index (κ2) is 6.37. The lowest BCUT2D eigenvalue weighted by atomic mass is 10.2. The molecule has 1 unspecified atom stereocenters. The van der Waals surface area contributed by atoms with Gasteiger partial charge in [0.05, 0.1) is 10.9 Å². The summed E-state index contributed by atoms with van der Waals surface area (Å²) in [6.45, 7) is 1.68. The zero-order chi connectivity index (χ0) is 14.7. The second-order valence-electron chi connectivity index (χ2n) is 4.44. The number of carboxylic acids is 1. The number of hydrogen-bond acceptors (Lipinski definition) is 4. The van der Waals surface area contributed by atoms with E-state index in [-0.39, 0.29) is 12.5 Å². The van der Waals surface area contributed by atoms with Crippen molar-refractivity contribution in [1.82, 2.24) is 4.90 Å². The maximum atomic E-state index is 12.0. The van der Waals surface area contributed by atoms with Crippen molar-refractivity contribution >= 4 is 35.2 Å². The Morgan fingerprint density at radius 3 is 3.00 bits per heavy atom. The number of nitrogens with zero attached hydrogens (tertiary/aromatic N) is 1. The minimum atomic E-state index is -0.989. The van der Waals surface area contributed by atoms with E-state index in [4.69, 9.17) is 21.4 Å². The first-order valence-electron chi connectivity index (χ1n) is 5.98. The fourth-order valence-corrected chi connectivity index (χ4v) is 3.18. The monoisotopic (exact) mass is 315 g/mol. The third-order valence-corrected chi connectivity index (χ3v) is 4.25. The molecule has 20 heavy (non-hydrogen) atoms. The molecular weight excluding hydrogens is 302 g/mol. The molecule has 108 valence electrons. The summed E-state index contributed by atoms with van der Waals surface area (Å²) in [4.78, 5) is 24.3. The highest BCUT2D eigenvalue weighted by molar-refractivity contribution is 7.99. The van der Waals surface area contributed by atoms with Gasteiger partial charge in [-0.05, 0) is 24.6 Å². The van der Waals surface area contributed by atoms with Gasteiger partial charge in [0.1, 0.15) is 11.8 Å². The Balaban J connectivity index is 1.98. The van der Waals surface area contributed by atoms with Gasteiger partial charge in [-0.15, -0.1) is 11.8 Å². The molecule has 0 saturated carbocycles. The van der Waals surface area contributed by atoms with Crippen LogP contribution in [0.5, 0.6) is 5.75 Å². The van der Waals surface area contributed by atoms with Crippen molar-refractivity contribution in [3.63, 3.8) is 0 Å². The molecular formula is C13H14ClNO4S. The SMILES string of the molecule is Cc1ccc(Cl)c(OCC(=O)N2CSCC2C(=O)O)c1. The third kappa shape index (κ3) is 3.37. The summed E-state index contributed by atoms with van der Waals surface area (Å²) in [7, 11) is 0. The van der Waals surface area contributed by atoms with Gasteiger partial charge in [0.2, 0.25) is 0 Å². The van der Waals surface area contributed by atoms with E-state index in [1.807, 2.05) is 13.0 Å². The Morgan fingerprint density at radius 2 is 2.30 bits per heavy atom. The molecule has 7 heteroatoms. The van der Waals surface area contributed by atoms with Gasteiger partial charge in [0.25, 0.3) is 5.91 Å². The number of aliphatic carboxylic acids is 1. The standard InChI is InChI=1S/C13H14ClNO4S/c1-8-2-3-9(14)11(4-8)19-5-12(16)15-7-20-6-10(15)13(17)18/h2-4,10H,5-7H2,1H3,(H,17,18). The largest absolute Gasteiger partial charge is 0.482 e. The highest BCUT2D eigenvalue weighted by atomic mass is 35.5. The maximum absolute atomic E-state index is 12.0. The molecule has 1 aromatic carbocycles. The molecule has 0 spiro atoms. The van der Waals surface area contributed by atoms with Crippen LogP contribution in [-0.2, 0) is 9.59 Å². The van der Waals surface area contributed by atoms with Gasteiger partial charge >= 0.3 is 5.97 Å². The number of hydrogen-bond donors (Lipinski definition) is 1. The van der Waals surface area contributed by atoms with Crippen molar-refractivity contribution in [2.24, 2.45) is 0 Å². The zero-order valence-corrected chi connectivity index (χ0v) is 12.4. The van der Waals surface area contributed by atoms with Crippen LogP contribution in [0.15, 0.2) is 18.2 Å². The number of amides is 1. The lowest BCUT2D eigenvalue weighted by molar-refractivity contribution is -0.148. The van der Waals surface area contributed by atoms with Crippen LogP contribution < -0.4 is 4.74 Å². The molecule has 1 atom stereocenters. The molecule has 0 radical (unpaired) electrons. The second-order valence-corrected chi connectivity index (χ2v) is 5.85. The van der Waals surface area contributed by atoms with Crippen molar-refractivity contribution in [1.29, 1.82) is 0 Å². The molecule has 1 aliphatic heterocycles. The number of ether oxygens (including phenoxy) is 1. The van der Waals surface area contributed by atoms with Crippen LogP contribution in [0.4, 0.5) is 0 Å². The third-order valence-electron chi connectivity index (χ3n) is 2.93. The van der Waals surface area contributed by atoms with Crippen LogP contribution >= 0.6 is 23.4 Å². The molecule has 1 saturated heterocycles. The number of thioether (sulfide) groups is 1. The van der Waals surface area contributed by atoms with E-state index >= 15 is 0 Å². The Morgan fingerprint density at radius 1 is 1.55 bits per heavy atom. The van der Waals surface area contributed by atoms with E-state index < -0.39 is 12.0 Å². The number of carboxylic acid groups (broad SMARTS) is 1. The zero-order valence-electron chi connectivity index (χ0n) is 10.8. The minimum absolute atomic E-state index is 0.215. The summed E-state index contributed by atoms with van der Waals surface area (Å²) in [5.41, 5.74) is 0.969. The highest BCUT2D eigenvalue weighted by Gasteiger charge is 2.34. The van der Waals surface area contributed by atoms with Crippen molar-refractivity contribution in [2.75, 3.05) is 18.2 Å². The highest BCUT2D eigenvalue weighted by Crippen LogP contribution is 2.26. The summed E-state index contributed by atoms with van der Waals surface area (Å²) in [5, 5.41) is 9.45. The van der Waals surface area contributed by atoms with Crippen LogP contribution in [0.1, 0.15) is 5.56 Å². The molecule has 0 bridgehead atoms. The molecule has 5 nitrogen and oxygen atoms in total. The van der Waals surface area contributed by atoms with E-state index in [2.05, 4.69) is 0 Å². The van der Waals surface area contributed by atoms with Crippen molar-refractivity contribution in [3.05, 3.63) is 28.8 Å². The van der Waals surface area contributed by atoms with Crippen molar-refractivity contribution in [3.8, 4) is 5.75 Å². The van der Waals surface area contributed by atoms with Crippen LogP contribution in [0.2, 0.25) is 5.02 Å². The quantitative estimate of drug-likeness (QED) is 0.920. The number of rotatable bonds is 4. The summed E-state index contributed by atoms with van der Waals surface area (Å²) in [6, 6.07) is 4.50. The fourth-order valence-electron chi connectivity index (χ4n) is 1.84. The Hall–Kier alpha value is -1.40. The lowest BCUT2D eigenvalue weighted by Crippen LogP contribution is -2.43. The van der Waals surface area contributed by atoms with Crippen molar-refractivity contribution < 1.29 is 19.4 Å².